The topological polar surface area (TPSA) is 76.0 Å². The number of carbonyl (C=O) groups is 1. The van der Waals surface area contributed by atoms with Crippen LogP contribution >= 0.6 is 0 Å². The molecule has 2 atom stereocenters. The van der Waals surface area contributed by atoms with E-state index in [1.165, 1.54) is 17.5 Å². The van der Waals surface area contributed by atoms with E-state index in [2.05, 4.69) is 81.6 Å². The third-order valence-corrected chi connectivity index (χ3v) is 6.97. The summed E-state index contributed by atoms with van der Waals surface area (Å²) in [6.07, 6.45) is 2.27. The Morgan fingerprint density at radius 2 is 1.12 bits per heavy atom. The minimum atomic E-state index is 0.121. The number of hydrogen-bond acceptors (Lipinski definition) is 5. The van der Waals surface area contributed by atoms with E-state index in [1.807, 2.05) is 60.7 Å². The fourth-order valence-corrected chi connectivity index (χ4v) is 3.79. The first-order chi connectivity index (χ1) is 20.2. The van der Waals surface area contributed by atoms with Crippen LogP contribution in [0, 0.1) is 0 Å². The molecule has 0 saturated heterocycles. The number of carbonyl (C=O) groups excluding carboxylic acids is 1. The van der Waals surface area contributed by atoms with Crippen LogP contribution in [0.4, 0.5) is 0 Å². The van der Waals surface area contributed by atoms with Crippen LogP contribution in [0.25, 0.3) is 0 Å². The predicted octanol–water partition coefficient (Wildman–Crippen LogP) is 10.8. The van der Waals surface area contributed by atoms with E-state index in [4.69, 9.17) is 10.5 Å². The molecular weight excluding hydrogens is 524 g/mol. The van der Waals surface area contributed by atoms with Crippen LogP contribution in [0.2, 0.25) is 0 Å². The average Bonchev–Trinajstić information content (AvgIpc) is 3.05. The van der Waals surface area contributed by atoms with Gasteiger partial charge in [0.2, 0.25) is 0 Å². The van der Waals surface area contributed by atoms with Crippen LogP contribution in [0.15, 0.2) is 109 Å². The SMILES string of the molecule is CC(=O)c1ccccc1.CC(C)c1ccc(OO)cc1.CCC(C)c1ccccc1.CCC(C)c1ccccc1OO. The summed E-state index contributed by atoms with van der Waals surface area (Å²) in [4.78, 5) is 19.0. The van der Waals surface area contributed by atoms with Crippen molar-refractivity contribution in [2.75, 3.05) is 0 Å². The van der Waals surface area contributed by atoms with E-state index < -0.39 is 0 Å². The highest BCUT2D eigenvalue weighted by atomic mass is 17.1. The largest absolute Gasteiger partial charge is 0.340 e. The molecule has 0 amide bonds. The maximum Gasteiger partial charge on any atom is 0.168 e. The Hall–Kier alpha value is -3.93. The molecule has 4 aromatic carbocycles. The summed E-state index contributed by atoms with van der Waals surface area (Å²) >= 11 is 0. The van der Waals surface area contributed by atoms with Gasteiger partial charge >= 0.3 is 0 Å². The van der Waals surface area contributed by atoms with Gasteiger partial charge in [-0.1, -0.05) is 133 Å². The van der Waals surface area contributed by atoms with Crippen LogP contribution in [0.1, 0.15) is 106 Å². The third kappa shape index (κ3) is 13.6. The molecule has 0 aliphatic heterocycles. The highest BCUT2D eigenvalue weighted by Gasteiger charge is 2.08. The Morgan fingerprint density at radius 1 is 0.619 bits per heavy atom. The summed E-state index contributed by atoms with van der Waals surface area (Å²) in [5.74, 6) is 2.81. The predicted molar refractivity (Wildman–Crippen MR) is 174 cm³/mol. The number of benzene rings is 4. The van der Waals surface area contributed by atoms with Gasteiger partial charge in [0.05, 0.1) is 0 Å². The molecular formula is C37H48O5. The van der Waals surface area contributed by atoms with Crippen molar-refractivity contribution in [3.05, 3.63) is 131 Å². The number of rotatable bonds is 8. The van der Waals surface area contributed by atoms with Gasteiger partial charge in [0.15, 0.2) is 17.3 Å². The fourth-order valence-electron chi connectivity index (χ4n) is 3.79. The molecule has 0 heterocycles. The Balaban J connectivity index is 0.000000281. The molecule has 0 saturated carbocycles. The Kier molecular flexibility index (Phi) is 17.9. The van der Waals surface area contributed by atoms with Gasteiger partial charge in [0.1, 0.15) is 0 Å². The van der Waals surface area contributed by atoms with E-state index in [0.717, 1.165) is 17.5 Å². The lowest BCUT2D eigenvalue weighted by Crippen LogP contribution is -1.95. The second-order valence-corrected chi connectivity index (χ2v) is 10.4. The zero-order chi connectivity index (χ0) is 31.3. The van der Waals surface area contributed by atoms with Crippen molar-refractivity contribution in [3.8, 4) is 11.5 Å². The van der Waals surface area contributed by atoms with Gasteiger partial charge in [-0.2, -0.15) is 0 Å². The first kappa shape index (κ1) is 36.1. The van der Waals surface area contributed by atoms with Gasteiger partial charge < -0.3 is 9.78 Å². The monoisotopic (exact) mass is 572 g/mol. The highest BCUT2D eigenvalue weighted by Crippen LogP contribution is 2.27. The summed E-state index contributed by atoms with van der Waals surface area (Å²) in [5, 5.41) is 16.8. The molecule has 2 unspecified atom stereocenters. The van der Waals surface area contributed by atoms with Crippen molar-refractivity contribution in [1.29, 1.82) is 0 Å². The second kappa shape index (κ2) is 20.9. The van der Waals surface area contributed by atoms with Gasteiger partial charge in [0.25, 0.3) is 0 Å². The van der Waals surface area contributed by atoms with Crippen molar-refractivity contribution in [2.45, 2.75) is 79.1 Å². The molecule has 5 heteroatoms. The van der Waals surface area contributed by atoms with E-state index in [-0.39, 0.29) is 5.78 Å². The lowest BCUT2D eigenvalue weighted by atomic mass is 9.98. The first-order valence-electron chi connectivity index (χ1n) is 14.6. The van der Waals surface area contributed by atoms with Gasteiger partial charge in [-0.3, -0.25) is 4.79 Å². The van der Waals surface area contributed by atoms with Gasteiger partial charge in [-0.15, -0.1) is 0 Å². The van der Waals surface area contributed by atoms with Crippen molar-refractivity contribution in [1.82, 2.24) is 0 Å². The van der Waals surface area contributed by atoms with E-state index in [1.54, 1.807) is 25.1 Å². The van der Waals surface area contributed by atoms with Gasteiger partial charge in [-0.25, -0.2) is 10.5 Å². The zero-order valence-electron chi connectivity index (χ0n) is 26.2. The Morgan fingerprint density at radius 3 is 1.55 bits per heavy atom. The minimum Gasteiger partial charge on any atom is -0.340 e. The van der Waals surface area contributed by atoms with Gasteiger partial charge in [0, 0.05) is 11.1 Å². The molecule has 0 aliphatic rings. The molecule has 0 fully saturated rings. The van der Waals surface area contributed by atoms with Gasteiger partial charge in [-0.05, 0) is 66.8 Å². The van der Waals surface area contributed by atoms with E-state index in [0.29, 0.717) is 29.3 Å². The molecule has 0 aromatic heterocycles. The summed E-state index contributed by atoms with van der Waals surface area (Å²) in [5.41, 5.74) is 4.52. The van der Waals surface area contributed by atoms with Crippen molar-refractivity contribution in [3.63, 3.8) is 0 Å². The molecule has 4 aromatic rings. The second-order valence-electron chi connectivity index (χ2n) is 10.4. The number of Topliss-reactive ketones (excluding diaryl/α,β-unsaturated/α-hetero) is 1. The van der Waals surface area contributed by atoms with Crippen LogP contribution in [-0.4, -0.2) is 16.3 Å². The normalized spacial score (nSPS) is 11.3. The van der Waals surface area contributed by atoms with Crippen molar-refractivity contribution < 1.29 is 25.1 Å². The lowest BCUT2D eigenvalue weighted by Gasteiger charge is -2.11. The quantitative estimate of drug-likeness (QED) is 0.125. The van der Waals surface area contributed by atoms with E-state index in [9.17, 15) is 4.79 Å². The number of para-hydroxylation sites is 1. The standard InChI is InChI=1S/C10H14O2.C10H14.C9H12O2.C8H8O/c1-3-8(2)9-6-4-5-7-10(9)12-11;1-3-9(2)10-7-5-4-6-8-10;1-7(2)8-3-5-9(11-10)6-4-8;1-7(9)8-5-3-2-4-6-8/h4-8,11H,3H2,1-2H3;4-9H,3H2,1-2H3;3-7,10H,1-2H3;2-6H,1H3. The summed E-state index contributed by atoms with van der Waals surface area (Å²) in [6.45, 7) is 14.5. The third-order valence-electron chi connectivity index (χ3n) is 6.97. The molecule has 0 bridgehead atoms. The molecule has 4 rings (SSSR count). The summed E-state index contributed by atoms with van der Waals surface area (Å²) < 4.78 is 0. The lowest BCUT2D eigenvalue weighted by molar-refractivity contribution is -0.138. The number of ketones is 1. The average molecular weight is 573 g/mol. The fraction of sp³-hybridized carbons (Fsp3) is 0.324. The maximum absolute atomic E-state index is 10.6. The molecule has 42 heavy (non-hydrogen) atoms. The Bertz CT molecular complexity index is 1240. The first-order valence-corrected chi connectivity index (χ1v) is 14.6. The molecule has 0 radical (unpaired) electrons. The number of hydrogen-bond donors (Lipinski definition) is 2. The van der Waals surface area contributed by atoms with E-state index >= 15 is 0 Å². The van der Waals surface area contributed by atoms with Crippen molar-refractivity contribution >= 4 is 5.78 Å². The zero-order valence-corrected chi connectivity index (χ0v) is 26.2. The molecule has 226 valence electrons. The van der Waals surface area contributed by atoms with Crippen molar-refractivity contribution in [2.24, 2.45) is 0 Å². The highest BCUT2D eigenvalue weighted by molar-refractivity contribution is 5.93. The van der Waals surface area contributed by atoms with Crippen LogP contribution in [0.5, 0.6) is 11.5 Å². The molecule has 2 N–H and O–H groups in total. The van der Waals surface area contributed by atoms with Crippen LogP contribution in [0.3, 0.4) is 0 Å². The Labute approximate surface area is 252 Å². The molecule has 0 spiro atoms. The molecule has 5 nitrogen and oxygen atoms in total. The minimum absolute atomic E-state index is 0.121. The molecule has 0 aliphatic carbocycles. The van der Waals surface area contributed by atoms with Crippen LogP contribution < -0.4 is 9.78 Å². The summed E-state index contributed by atoms with van der Waals surface area (Å²) in [6, 6.07) is 34.8. The maximum atomic E-state index is 10.6. The smallest absolute Gasteiger partial charge is 0.168 e. The summed E-state index contributed by atoms with van der Waals surface area (Å²) in [7, 11) is 0. The van der Waals surface area contributed by atoms with Crippen LogP contribution in [-0.2, 0) is 0 Å².